The molecule has 13 nitrogen and oxygen atoms in total. The third-order valence-electron chi connectivity index (χ3n) is 7.45. The average molecular weight is 641 g/mol. The number of pyridine rings is 1. The predicted octanol–water partition coefficient (Wildman–Crippen LogP) is 2.08. The minimum Gasteiger partial charge on any atom is -0.462 e. The molecule has 3 atom stereocenters. The van der Waals surface area contributed by atoms with Crippen molar-refractivity contribution in [3.8, 4) is 0 Å². The molecule has 0 bridgehead atoms. The highest BCUT2D eigenvalue weighted by Gasteiger charge is 2.32. The van der Waals surface area contributed by atoms with Gasteiger partial charge in [-0.05, 0) is 46.1 Å². The Morgan fingerprint density at radius 2 is 1.82 bits per heavy atom. The molecule has 15 heteroatoms. The molecule has 1 amide bonds. The normalized spacial score (nSPS) is 18.1. The van der Waals surface area contributed by atoms with Gasteiger partial charge in [-0.3, -0.25) is 14.1 Å². The lowest BCUT2D eigenvalue weighted by atomic mass is 9.93. The number of halogens is 1. The van der Waals surface area contributed by atoms with Crippen LogP contribution in [0, 0.1) is 5.82 Å². The highest BCUT2D eigenvalue weighted by atomic mass is 32.2. The van der Waals surface area contributed by atoms with Crippen LogP contribution in [0.4, 0.5) is 10.1 Å². The molecule has 0 unspecified atom stereocenters. The number of amides is 1. The Morgan fingerprint density at radius 3 is 2.39 bits per heavy atom. The Labute approximate surface area is 255 Å². The number of hydrogen-bond donors (Lipinski definition) is 3. The second kappa shape index (κ2) is 14.5. The van der Waals surface area contributed by atoms with E-state index >= 15 is 4.39 Å². The highest BCUT2D eigenvalue weighted by molar-refractivity contribution is 7.85. The van der Waals surface area contributed by atoms with Gasteiger partial charge in [0, 0.05) is 49.1 Å². The number of nitrogens with one attached hydrogen (secondary N) is 1. The van der Waals surface area contributed by atoms with E-state index in [0.717, 1.165) is 12.0 Å². The summed E-state index contributed by atoms with van der Waals surface area (Å²) >= 11 is 0. The van der Waals surface area contributed by atoms with Crippen LogP contribution < -0.4 is 21.4 Å². The van der Waals surface area contributed by atoms with Crippen molar-refractivity contribution in [1.29, 1.82) is 0 Å². The Hall–Kier alpha value is -3.56. The quantitative estimate of drug-likeness (QED) is 0.283. The number of nitrogens with two attached hydrogens (primary N) is 1. The number of piperidine rings is 1. The number of rotatable bonds is 8. The minimum atomic E-state index is -3.67. The molecule has 2 aromatic rings. The highest BCUT2D eigenvalue weighted by Crippen LogP contribution is 2.39. The third kappa shape index (κ3) is 8.54. The predicted molar refractivity (Wildman–Crippen MR) is 162 cm³/mol. The molecule has 1 aromatic heterocycles. The van der Waals surface area contributed by atoms with E-state index in [-0.39, 0.29) is 29.7 Å². The smallest absolute Gasteiger partial charge is 0.343 e. The lowest BCUT2D eigenvalue weighted by Crippen LogP contribution is -2.48. The largest absolute Gasteiger partial charge is 0.462 e. The zero-order valence-corrected chi connectivity index (χ0v) is 26.4. The first-order chi connectivity index (χ1) is 20.5. The summed E-state index contributed by atoms with van der Waals surface area (Å²) < 4.78 is 54.2. The summed E-state index contributed by atoms with van der Waals surface area (Å²) in [5, 5.41) is 2.70. The van der Waals surface area contributed by atoms with Crippen molar-refractivity contribution in [1.82, 2.24) is 9.88 Å². The fraction of sp³-hybridized carbons (Fsp3) is 0.586. The topological polar surface area (TPSA) is 187 Å². The fourth-order valence-corrected chi connectivity index (χ4v) is 5.26. The Morgan fingerprint density at radius 1 is 1.20 bits per heavy atom. The number of ether oxygens (including phenoxy) is 2. The van der Waals surface area contributed by atoms with E-state index in [9.17, 15) is 27.6 Å². The first-order valence-electron chi connectivity index (χ1n) is 14.5. The van der Waals surface area contributed by atoms with Crippen LogP contribution in [0.5, 0.6) is 0 Å². The molecular formula is C29H41FN4O9S. The second-order valence-electron chi connectivity index (χ2n) is 11.3. The van der Waals surface area contributed by atoms with E-state index in [2.05, 4.69) is 5.32 Å². The maximum atomic E-state index is 15.7. The Bertz CT molecular complexity index is 1560. The summed E-state index contributed by atoms with van der Waals surface area (Å²) in [5.74, 6) is -2.19. The molecule has 1 aromatic carbocycles. The van der Waals surface area contributed by atoms with Gasteiger partial charge in [-0.25, -0.2) is 14.0 Å². The average Bonchev–Trinajstić information content (AvgIpc) is 2.94. The first-order valence-corrected chi connectivity index (χ1v) is 16.4. The fourth-order valence-electron chi connectivity index (χ4n) is 5.26. The van der Waals surface area contributed by atoms with Crippen LogP contribution in [-0.2, 0) is 35.6 Å². The number of hydrogen-bond acceptors (Lipinski definition) is 10. The van der Waals surface area contributed by atoms with Crippen molar-refractivity contribution in [3.05, 3.63) is 39.4 Å². The van der Waals surface area contributed by atoms with Crippen molar-refractivity contribution >= 4 is 44.6 Å². The Balaban J connectivity index is 0.000000978. The first kappa shape index (κ1) is 34.9. The number of benzene rings is 1. The lowest BCUT2D eigenvalue weighted by Gasteiger charge is -2.37. The number of carbonyl (C=O) groups is 3. The van der Waals surface area contributed by atoms with Gasteiger partial charge >= 0.3 is 11.9 Å². The van der Waals surface area contributed by atoms with Gasteiger partial charge in [0.05, 0.1) is 30.1 Å². The zero-order chi connectivity index (χ0) is 32.9. The van der Waals surface area contributed by atoms with Crippen LogP contribution in [-0.4, -0.2) is 79.5 Å². The molecule has 4 N–H and O–H groups in total. The van der Waals surface area contributed by atoms with Crippen LogP contribution in [0.15, 0.2) is 17.1 Å². The van der Waals surface area contributed by atoms with Gasteiger partial charge < -0.3 is 30.0 Å². The van der Waals surface area contributed by atoms with Gasteiger partial charge in [0.1, 0.15) is 23.5 Å². The van der Waals surface area contributed by atoms with Crippen LogP contribution in [0.25, 0.3) is 10.9 Å². The van der Waals surface area contributed by atoms with Crippen LogP contribution >= 0.6 is 0 Å². The molecule has 1 saturated heterocycles. The second-order valence-corrected chi connectivity index (χ2v) is 12.7. The summed E-state index contributed by atoms with van der Waals surface area (Å²) in [6.07, 6.45) is 4.83. The number of esters is 2. The summed E-state index contributed by atoms with van der Waals surface area (Å²) in [4.78, 5) is 52.0. The van der Waals surface area contributed by atoms with Gasteiger partial charge in [-0.15, -0.1) is 0 Å². The van der Waals surface area contributed by atoms with Crippen molar-refractivity contribution in [2.45, 2.75) is 84.0 Å². The van der Waals surface area contributed by atoms with Gasteiger partial charge in [0.15, 0.2) is 0 Å². The van der Waals surface area contributed by atoms with Crippen molar-refractivity contribution in [2.24, 2.45) is 5.73 Å². The third-order valence-corrected chi connectivity index (χ3v) is 7.45. The standard InChI is InChI=1S/C28H37FN4O6.CH4O3S/c1-5-12-38-28(37)21-14-33-15(2)6-7-19-23(33)20(25(21)34)13-22(29)24(19)32-10-8-18(9-11-32)39-27(36)17(4)31-26(35)16(3)30;1-5(2,3)4/h13-18H,5-12,30H2,1-4H3,(H,31,35);1H3,(H,2,3,4)/t15-,16-,17-;/m0./s1. The number of nitrogens with zero attached hydrogens (tertiary/aromatic N) is 2. The van der Waals surface area contributed by atoms with Gasteiger partial charge in [-0.1, -0.05) is 6.92 Å². The van der Waals surface area contributed by atoms with Crippen LogP contribution in [0.1, 0.15) is 75.3 Å². The molecule has 44 heavy (non-hydrogen) atoms. The SMILES string of the molecule is CCCOC(=O)c1cn2c3c(c(N4CCC(OC(=O)[C@H](C)NC(=O)[C@H](C)N)CC4)c(F)cc3c1=O)CC[C@@H]2C.CS(=O)(=O)O. The lowest BCUT2D eigenvalue weighted by molar-refractivity contribution is -0.153. The summed E-state index contributed by atoms with van der Waals surface area (Å²) in [5.41, 5.74) is 6.77. The van der Waals surface area contributed by atoms with E-state index in [1.165, 1.54) is 13.0 Å². The minimum absolute atomic E-state index is 0.0199. The van der Waals surface area contributed by atoms with E-state index in [4.69, 9.17) is 19.8 Å². The number of aryl methyl sites for hydroxylation is 1. The molecule has 0 spiro atoms. The van der Waals surface area contributed by atoms with Gasteiger partial charge in [0.25, 0.3) is 10.1 Å². The van der Waals surface area contributed by atoms with Crippen molar-refractivity contribution in [2.75, 3.05) is 30.9 Å². The molecule has 3 heterocycles. The monoisotopic (exact) mass is 640 g/mol. The van der Waals surface area contributed by atoms with Crippen molar-refractivity contribution < 1.29 is 41.2 Å². The maximum absolute atomic E-state index is 15.7. The van der Waals surface area contributed by atoms with Crippen molar-refractivity contribution in [3.63, 3.8) is 0 Å². The number of anilines is 1. The zero-order valence-electron chi connectivity index (χ0n) is 25.6. The number of aromatic nitrogens is 1. The molecule has 1 fully saturated rings. The molecular weight excluding hydrogens is 599 g/mol. The maximum Gasteiger partial charge on any atom is 0.343 e. The van der Waals surface area contributed by atoms with E-state index < -0.39 is 51.3 Å². The molecule has 2 aliphatic heterocycles. The van der Waals surface area contributed by atoms with Gasteiger partial charge in [0.2, 0.25) is 11.3 Å². The summed E-state index contributed by atoms with van der Waals surface area (Å²) in [7, 11) is -3.67. The Kier molecular flexibility index (Phi) is 11.5. The van der Waals surface area contributed by atoms with E-state index in [1.54, 1.807) is 13.1 Å². The van der Waals surface area contributed by atoms with Gasteiger partial charge in [-0.2, -0.15) is 8.42 Å². The molecule has 0 saturated carbocycles. The molecule has 4 rings (SSSR count). The van der Waals surface area contributed by atoms with E-state index in [0.29, 0.717) is 56.2 Å². The molecule has 2 aliphatic rings. The van der Waals surface area contributed by atoms with E-state index in [1.807, 2.05) is 23.3 Å². The van der Waals surface area contributed by atoms with Crippen LogP contribution in [0.3, 0.4) is 0 Å². The molecule has 0 radical (unpaired) electrons. The van der Waals surface area contributed by atoms with Crippen LogP contribution in [0.2, 0.25) is 0 Å². The molecule has 244 valence electrons. The summed E-state index contributed by atoms with van der Waals surface area (Å²) in [6.45, 7) is 8.06. The molecule has 0 aliphatic carbocycles. The summed E-state index contributed by atoms with van der Waals surface area (Å²) in [6, 6.07) is -0.308. The number of carbonyl (C=O) groups excluding carboxylic acids is 3.